The zero-order valence-electron chi connectivity index (χ0n) is 17.1. The number of esters is 1. The van der Waals surface area contributed by atoms with Gasteiger partial charge in [0.2, 0.25) is 5.91 Å². The van der Waals surface area contributed by atoms with Crippen molar-refractivity contribution in [1.82, 2.24) is 10.2 Å². The first kappa shape index (κ1) is 22.7. The molecule has 160 valence electrons. The Bertz CT molecular complexity index is 676. The summed E-state index contributed by atoms with van der Waals surface area (Å²) in [4.78, 5) is 38.8. The second kappa shape index (κ2) is 12.1. The number of nitrogens with zero attached hydrogens (tertiary/aromatic N) is 1. The van der Waals surface area contributed by atoms with Crippen LogP contribution < -0.4 is 10.1 Å². The molecule has 8 nitrogen and oxygen atoms in total. The summed E-state index contributed by atoms with van der Waals surface area (Å²) in [5, 5.41) is 2.72. The number of ether oxygens (including phenoxy) is 3. The van der Waals surface area contributed by atoms with Gasteiger partial charge in [0.05, 0.1) is 19.6 Å². The highest BCUT2D eigenvalue weighted by molar-refractivity contribution is 5.99. The lowest BCUT2D eigenvalue weighted by Gasteiger charge is -2.34. The summed E-state index contributed by atoms with van der Waals surface area (Å²) in [6.07, 6.45) is 2.65. The van der Waals surface area contributed by atoms with Crippen LogP contribution in [0.15, 0.2) is 24.3 Å². The first-order valence-corrected chi connectivity index (χ1v) is 10.0. The van der Waals surface area contributed by atoms with E-state index in [0.717, 1.165) is 19.3 Å². The highest BCUT2D eigenvalue weighted by Gasteiger charge is 2.35. The SMILES string of the molecule is CCCCCOC(=O)CC1C(=O)NCCN1C(=O)c1ccc(OCCOC)cc1. The van der Waals surface area contributed by atoms with Crippen molar-refractivity contribution >= 4 is 17.8 Å². The number of nitrogens with one attached hydrogen (secondary N) is 1. The van der Waals surface area contributed by atoms with Gasteiger partial charge in [0.25, 0.3) is 5.91 Å². The van der Waals surface area contributed by atoms with E-state index >= 15 is 0 Å². The lowest BCUT2D eigenvalue weighted by Crippen LogP contribution is -2.57. The highest BCUT2D eigenvalue weighted by atomic mass is 16.5. The van der Waals surface area contributed by atoms with E-state index in [2.05, 4.69) is 12.2 Å². The van der Waals surface area contributed by atoms with Crippen LogP contribution in [0.2, 0.25) is 0 Å². The standard InChI is InChI=1S/C21H30N2O6/c1-3-4-5-12-29-19(24)15-18-20(25)22-10-11-23(18)21(26)16-6-8-17(9-7-16)28-14-13-27-2/h6-9,18H,3-5,10-15H2,1-2H3,(H,22,25). The normalized spacial score (nSPS) is 16.3. The lowest BCUT2D eigenvalue weighted by atomic mass is 10.1. The molecule has 1 N–H and O–H groups in total. The Kier molecular flexibility index (Phi) is 9.43. The fourth-order valence-electron chi connectivity index (χ4n) is 3.02. The van der Waals surface area contributed by atoms with E-state index in [4.69, 9.17) is 14.2 Å². The van der Waals surface area contributed by atoms with Crippen LogP contribution in [0, 0.1) is 0 Å². The molecular weight excluding hydrogens is 376 g/mol. The molecular formula is C21H30N2O6. The van der Waals surface area contributed by atoms with E-state index in [1.165, 1.54) is 4.90 Å². The molecule has 1 saturated heterocycles. The predicted molar refractivity (Wildman–Crippen MR) is 107 cm³/mol. The van der Waals surface area contributed by atoms with Gasteiger partial charge in [-0.1, -0.05) is 19.8 Å². The summed E-state index contributed by atoms with van der Waals surface area (Å²) in [5.74, 6) is -0.480. The lowest BCUT2D eigenvalue weighted by molar-refractivity contribution is -0.147. The van der Waals surface area contributed by atoms with Crippen molar-refractivity contribution in [1.29, 1.82) is 0 Å². The Labute approximate surface area is 171 Å². The molecule has 0 aliphatic carbocycles. The van der Waals surface area contributed by atoms with Crippen LogP contribution in [0.25, 0.3) is 0 Å². The molecule has 0 saturated carbocycles. The van der Waals surface area contributed by atoms with Crippen LogP contribution in [0.4, 0.5) is 0 Å². The number of carbonyl (C=O) groups excluding carboxylic acids is 3. The van der Waals surface area contributed by atoms with E-state index in [-0.39, 0.29) is 18.2 Å². The molecule has 0 radical (unpaired) electrons. The van der Waals surface area contributed by atoms with Crippen molar-refractivity contribution < 1.29 is 28.6 Å². The summed E-state index contributed by atoms with van der Waals surface area (Å²) in [6, 6.07) is 5.83. The third-order valence-corrected chi connectivity index (χ3v) is 4.62. The van der Waals surface area contributed by atoms with E-state index < -0.39 is 12.0 Å². The van der Waals surface area contributed by atoms with Crippen molar-refractivity contribution in [2.24, 2.45) is 0 Å². The maximum Gasteiger partial charge on any atom is 0.308 e. The molecule has 2 rings (SSSR count). The maximum absolute atomic E-state index is 12.9. The molecule has 1 heterocycles. The number of methoxy groups -OCH3 is 1. The number of piperazine rings is 1. The summed E-state index contributed by atoms with van der Waals surface area (Å²) in [5.41, 5.74) is 0.431. The summed E-state index contributed by atoms with van der Waals surface area (Å²) < 4.78 is 15.6. The van der Waals surface area contributed by atoms with Crippen LogP contribution in [0.5, 0.6) is 5.75 Å². The zero-order valence-corrected chi connectivity index (χ0v) is 17.1. The first-order chi connectivity index (χ1) is 14.1. The molecule has 0 aromatic heterocycles. The number of benzene rings is 1. The van der Waals surface area contributed by atoms with Gasteiger partial charge in [0.15, 0.2) is 0 Å². The molecule has 1 fully saturated rings. The summed E-state index contributed by atoms with van der Waals surface area (Å²) in [6.45, 7) is 3.98. The Morgan fingerprint density at radius 2 is 1.90 bits per heavy atom. The number of amides is 2. The monoisotopic (exact) mass is 406 g/mol. The molecule has 29 heavy (non-hydrogen) atoms. The molecule has 1 aromatic rings. The fraction of sp³-hybridized carbons (Fsp3) is 0.571. The largest absolute Gasteiger partial charge is 0.491 e. The Balaban J connectivity index is 1.98. The average Bonchev–Trinajstić information content (AvgIpc) is 2.73. The van der Waals surface area contributed by atoms with Gasteiger partial charge in [-0.2, -0.15) is 0 Å². The van der Waals surface area contributed by atoms with Crippen molar-refractivity contribution in [3.05, 3.63) is 29.8 Å². The highest BCUT2D eigenvalue weighted by Crippen LogP contribution is 2.18. The van der Waals surface area contributed by atoms with Crippen molar-refractivity contribution in [3.8, 4) is 5.75 Å². The number of hydrogen-bond donors (Lipinski definition) is 1. The van der Waals surface area contributed by atoms with Crippen LogP contribution in [-0.4, -0.2) is 68.7 Å². The molecule has 8 heteroatoms. The molecule has 0 spiro atoms. The molecule has 1 aliphatic rings. The van der Waals surface area contributed by atoms with Crippen molar-refractivity contribution in [2.45, 2.75) is 38.6 Å². The summed E-state index contributed by atoms with van der Waals surface area (Å²) in [7, 11) is 1.59. The maximum atomic E-state index is 12.9. The Morgan fingerprint density at radius 1 is 1.14 bits per heavy atom. The molecule has 1 aromatic carbocycles. The quantitative estimate of drug-likeness (QED) is 0.445. The van der Waals surface area contributed by atoms with Crippen molar-refractivity contribution in [3.63, 3.8) is 0 Å². The second-order valence-corrected chi connectivity index (χ2v) is 6.80. The fourth-order valence-corrected chi connectivity index (χ4v) is 3.02. The Hall–Kier alpha value is -2.61. The van der Waals surface area contributed by atoms with Gasteiger partial charge in [-0.05, 0) is 30.7 Å². The van der Waals surface area contributed by atoms with Crippen LogP contribution in [0.3, 0.4) is 0 Å². The minimum Gasteiger partial charge on any atom is -0.491 e. The third-order valence-electron chi connectivity index (χ3n) is 4.62. The smallest absolute Gasteiger partial charge is 0.308 e. The molecule has 1 unspecified atom stereocenters. The topological polar surface area (TPSA) is 94.2 Å². The van der Waals surface area contributed by atoms with Crippen LogP contribution >= 0.6 is 0 Å². The first-order valence-electron chi connectivity index (χ1n) is 10.0. The van der Waals surface area contributed by atoms with E-state index in [9.17, 15) is 14.4 Å². The van der Waals surface area contributed by atoms with E-state index in [1.807, 2.05) is 0 Å². The van der Waals surface area contributed by atoms with Crippen molar-refractivity contribution in [2.75, 3.05) is 40.0 Å². The predicted octanol–water partition coefficient (Wildman–Crippen LogP) is 1.78. The second-order valence-electron chi connectivity index (χ2n) is 6.80. The molecule has 2 amide bonds. The minimum absolute atomic E-state index is 0.151. The van der Waals surface area contributed by atoms with Gasteiger partial charge in [0.1, 0.15) is 18.4 Å². The number of rotatable bonds is 11. The number of hydrogen-bond acceptors (Lipinski definition) is 6. The summed E-state index contributed by atoms with van der Waals surface area (Å²) >= 11 is 0. The molecule has 0 bridgehead atoms. The number of unbranched alkanes of at least 4 members (excludes halogenated alkanes) is 2. The van der Waals surface area contributed by atoms with Gasteiger partial charge < -0.3 is 24.4 Å². The number of carbonyl (C=O) groups is 3. The van der Waals surface area contributed by atoms with Crippen LogP contribution in [-0.2, 0) is 19.1 Å². The zero-order chi connectivity index (χ0) is 21.1. The Morgan fingerprint density at radius 3 is 2.59 bits per heavy atom. The molecule has 1 atom stereocenters. The van der Waals surface area contributed by atoms with Gasteiger partial charge in [0, 0.05) is 25.8 Å². The van der Waals surface area contributed by atoms with E-state index in [1.54, 1.807) is 31.4 Å². The minimum atomic E-state index is -0.868. The van der Waals surface area contributed by atoms with Gasteiger partial charge in [-0.15, -0.1) is 0 Å². The van der Waals surface area contributed by atoms with E-state index in [0.29, 0.717) is 44.2 Å². The third kappa shape index (κ3) is 7.05. The van der Waals surface area contributed by atoms with Gasteiger partial charge >= 0.3 is 5.97 Å². The molecule has 1 aliphatic heterocycles. The van der Waals surface area contributed by atoms with Gasteiger partial charge in [-0.25, -0.2) is 0 Å². The van der Waals surface area contributed by atoms with Gasteiger partial charge in [-0.3, -0.25) is 14.4 Å². The average molecular weight is 406 g/mol. The van der Waals surface area contributed by atoms with Crippen LogP contribution in [0.1, 0.15) is 43.0 Å².